The number of carbonyl (C=O) groups is 3. The number of hydrogen-bond acceptors (Lipinski definition) is 6. The van der Waals surface area contributed by atoms with E-state index in [9.17, 15) is 14.4 Å². The van der Waals surface area contributed by atoms with Crippen LogP contribution in [0.4, 0.5) is 16.5 Å². The highest BCUT2D eigenvalue weighted by atomic mass is 32.1. The molecule has 154 valence electrons. The number of benzene rings is 2. The number of anilines is 3. The van der Waals surface area contributed by atoms with E-state index in [4.69, 9.17) is 4.74 Å². The lowest BCUT2D eigenvalue weighted by Gasteiger charge is -2.32. The van der Waals surface area contributed by atoms with E-state index in [1.54, 1.807) is 31.2 Å². The van der Waals surface area contributed by atoms with E-state index in [-0.39, 0.29) is 24.3 Å². The second kappa shape index (κ2) is 7.75. The number of carbonyl (C=O) groups excluding carboxylic acids is 3. The molecule has 4 rings (SSSR count). The Balaban J connectivity index is 1.55. The van der Waals surface area contributed by atoms with Gasteiger partial charge in [-0.25, -0.2) is 4.98 Å². The van der Waals surface area contributed by atoms with Gasteiger partial charge in [-0.3, -0.25) is 19.3 Å². The van der Waals surface area contributed by atoms with Crippen molar-refractivity contribution in [1.29, 1.82) is 0 Å². The fourth-order valence-corrected chi connectivity index (χ4v) is 4.37. The van der Waals surface area contributed by atoms with Crippen molar-refractivity contribution in [2.75, 3.05) is 22.1 Å². The lowest BCUT2D eigenvalue weighted by molar-refractivity contribution is -0.127. The molecule has 9 heteroatoms. The number of aryl methyl sites for hydroxylation is 1. The van der Waals surface area contributed by atoms with Crippen LogP contribution in [0.15, 0.2) is 36.4 Å². The summed E-state index contributed by atoms with van der Waals surface area (Å²) < 4.78 is 6.45. The summed E-state index contributed by atoms with van der Waals surface area (Å²) in [5.41, 5.74) is 2.82. The van der Waals surface area contributed by atoms with Gasteiger partial charge in [0.05, 0.1) is 15.9 Å². The number of para-hydroxylation sites is 2. The molecule has 1 aliphatic heterocycles. The van der Waals surface area contributed by atoms with E-state index < -0.39 is 6.10 Å². The third-order valence-corrected chi connectivity index (χ3v) is 5.55. The van der Waals surface area contributed by atoms with Gasteiger partial charge in [0.15, 0.2) is 11.2 Å². The Morgan fingerprint density at radius 3 is 2.77 bits per heavy atom. The van der Waals surface area contributed by atoms with E-state index in [0.717, 1.165) is 15.8 Å². The van der Waals surface area contributed by atoms with Gasteiger partial charge in [-0.15, -0.1) is 0 Å². The first-order valence-electron chi connectivity index (χ1n) is 9.37. The van der Waals surface area contributed by atoms with Crippen LogP contribution in [0, 0.1) is 6.92 Å². The molecule has 1 atom stereocenters. The highest BCUT2D eigenvalue weighted by Crippen LogP contribution is 2.34. The molecule has 3 aromatic rings. The molecule has 2 heterocycles. The molecule has 1 aromatic heterocycles. The molecular formula is C21H20N4O4S. The van der Waals surface area contributed by atoms with Gasteiger partial charge in [0.25, 0.3) is 5.91 Å². The van der Waals surface area contributed by atoms with E-state index in [2.05, 4.69) is 15.6 Å². The Labute approximate surface area is 176 Å². The third-order valence-electron chi connectivity index (χ3n) is 4.63. The maximum absolute atomic E-state index is 12.7. The van der Waals surface area contributed by atoms with E-state index in [1.807, 2.05) is 19.1 Å². The number of nitrogens with one attached hydrogen (secondary N) is 2. The molecule has 2 aromatic carbocycles. The third kappa shape index (κ3) is 3.84. The van der Waals surface area contributed by atoms with Gasteiger partial charge in [0.1, 0.15) is 12.3 Å². The van der Waals surface area contributed by atoms with Gasteiger partial charge in [0, 0.05) is 12.6 Å². The summed E-state index contributed by atoms with van der Waals surface area (Å²) in [5, 5.41) is 6.04. The van der Waals surface area contributed by atoms with Gasteiger partial charge in [-0.2, -0.15) is 0 Å². The zero-order chi connectivity index (χ0) is 21.4. The van der Waals surface area contributed by atoms with Crippen LogP contribution in [0.2, 0.25) is 0 Å². The first-order valence-corrected chi connectivity index (χ1v) is 10.2. The average molecular weight is 424 g/mol. The molecule has 8 nitrogen and oxygen atoms in total. The molecule has 3 amide bonds. The summed E-state index contributed by atoms with van der Waals surface area (Å²) in [6, 6.07) is 10.8. The second-order valence-corrected chi connectivity index (χ2v) is 8.07. The first-order chi connectivity index (χ1) is 14.3. The summed E-state index contributed by atoms with van der Waals surface area (Å²) in [7, 11) is 0. The van der Waals surface area contributed by atoms with Crippen molar-refractivity contribution >= 4 is 55.8 Å². The Kier molecular flexibility index (Phi) is 5.13. The Morgan fingerprint density at radius 2 is 2.00 bits per heavy atom. The quantitative estimate of drug-likeness (QED) is 0.669. The van der Waals surface area contributed by atoms with Crippen molar-refractivity contribution in [2.24, 2.45) is 0 Å². The molecule has 2 N–H and O–H groups in total. The van der Waals surface area contributed by atoms with Gasteiger partial charge in [-0.05, 0) is 43.7 Å². The second-order valence-electron chi connectivity index (χ2n) is 7.04. The number of fused-ring (bicyclic) bond motifs is 2. The molecular weight excluding hydrogens is 404 g/mol. The monoisotopic (exact) mass is 424 g/mol. The number of nitrogens with zero attached hydrogens (tertiary/aromatic N) is 2. The zero-order valence-corrected chi connectivity index (χ0v) is 17.5. The molecule has 30 heavy (non-hydrogen) atoms. The van der Waals surface area contributed by atoms with E-state index in [0.29, 0.717) is 22.3 Å². The number of aromatic nitrogens is 1. The molecule has 1 aliphatic rings. The topological polar surface area (TPSA) is 101 Å². The fourth-order valence-electron chi connectivity index (χ4n) is 3.34. The summed E-state index contributed by atoms with van der Waals surface area (Å²) in [5.74, 6) is -0.203. The molecule has 0 saturated heterocycles. The van der Waals surface area contributed by atoms with Crippen LogP contribution in [-0.2, 0) is 14.4 Å². The maximum atomic E-state index is 12.7. The average Bonchev–Trinajstić information content (AvgIpc) is 3.07. The highest BCUT2D eigenvalue weighted by molar-refractivity contribution is 7.22. The van der Waals surface area contributed by atoms with Gasteiger partial charge in [-0.1, -0.05) is 23.5 Å². The van der Waals surface area contributed by atoms with Crippen molar-refractivity contribution in [2.45, 2.75) is 26.9 Å². The minimum Gasteiger partial charge on any atom is -0.479 e. The summed E-state index contributed by atoms with van der Waals surface area (Å²) in [4.78, 5) is 42.4. The van der Waals surface area contributed by atoms with Gasteiger partial charge < -0.3 is 15.4 Å². The standard InChI is InChI=1S/C21H20N4O4S/c1-11-8-14(9-17-19(11)24-21(30-17)22-13(3)26)23-18(27)10-25-15-6-4-5-7-16(15)29-12(2)20(25)28/h4-9,12H,10H2,1-3H3,(H,23,27)(H,22,24,26)/t12-/m1/s1. The minimum absolute atomic E-state index is 0.125. The summed E-state index contributed by atoms with van der Waals surface area (Å²) in [6.45, 7) is 4.85. The largest absolute Gasteiger partial charge is 0.479 e. The lowest BCUT2D eigenvalue weighted by Crippen LogP contribution is -2.47. The van der Waals surface area contributed by atoms with Crippen LogP contribution in [0.5, 0.6) is 5.75 Å². The van der Waals surface area contributed by atoms with Gasteiger partial charge >= 0.3 is 0 Å². The Hall–Kier alpha value is -3.46. The van der Waals surface area contributed by atoms with Crippen LogP contribution >= 0.6 is 11.3 Å². The van der Waals surface area contributed by atoms with Crippen LogP contribution < -0.4 is 20.3 Å². The molecule has 0 bridgehead atoms. The van der Waals surface area contributed by atoms with Crippen molar-refractivity contribution in [1.82, 2.24) is 4.98 Å². The number of amides is 3. The molecule has 0 spiro atoms. The molecule has 0 aliphatic carbocycles. The molecule has 0 saturated carbocycles. The molecule has 0 unspecified atom stereocenters. The summed E-state index contributed by atoms with van der Waals surface area (Å²) in [6.07, 6.45) is -0.657. The molecule has 0 radical (unpaired) electrons. The number of thiazole rings is 1. The van der Waals surface area contributed by atoms with Crippen molar-refractivity contribution in [3.63, 3.8) is 0 Å². The fraction of sp³-hybridized carbons (Fsp3) is 0.238. The number of rotatable bonds is 4. The number of ether oxygens (including phenoxy) is 1. The van der Waals surface area contributed by atoms with Crippen LogP contribution in [-0.4, -0.2) is 35.4 Å². The molecule has 0 fully saturated rings. The van der Waals surface area contributed by atoms with Crippen molar-refractivity contribution < 1.29 is 19.1 Å². The van der Waals surface area contributed by atoms with Crippen molar-refractivity contribution in [3.8, 4) is 5.75 Å². The minimum atomic E-state index is -0.657. The van der Waals surface area contributed by atoms with Crippen LogP contribution in [0.25, 0.3) is 10.2 Å². The lowest BCUT2D eigenvalue weighted by atomic mass is 10.1. The maximum Gasteiger partial charge on any atom is 0.268 e. The SMILES string of the molecule is CC(=O)Nc1nc2c(C)cc(NC(=O)CN3C(=O)[C@@H](C)Oc4ccccc43)cc2s1. The van der Waals surface area contributed by atoms with E-state index in [1.165, 1.54) is 23.2 Å². The normalized spacial score (nSPS) is 15.5. The zero-order valence-electron chi connectivity index (χ0n) is 16.7. The van der Waals surface area contributed by atoms with Crippen LogP contribution in [0.3, 0.4) is 0 Å². The first kappa shape index (κ1) is 19.8. The van der Waals surface area contributed by atoms with E-state index >= 15 is 0 Å². The predicted molar refractivity (Wildman–Crippen MR) is 116 cm³/mol. The Bertz CT molecular complexity index is 1170. The number of hydrogen-bond donors (Lipinski definition) is 2. The Morgan fingerprint density at radius 1 is 1.23 bits per heavy atom. The summed E-state index contributed by atoms with van der Waals surface area (Å²) >= 11 is 1.33. The predicted octanol–water partition coefficient (Wildman–Crippen LogP) is 3.32. The van der Waals surface area contributed by atoms with Gasteiger partial charge in [0.2, 0.25) is 11.8 Å². The highest BCUT2D eigenvalue weighted by Gasteiger charge is 2.32. The van der Waals surface area contributed by atoms with Crippen LogP contribution in [0.1, 0.15) is 19.4 Å². The smallest absolute Gasteiger partial charge is 0.268 e. The van der Waals surface area contributed by atoms with Crippen molar-refractivity contribution in [3.05, 3.63) is 42.0 Å².